The lowest BCUT2D eigenvalue weighted by Crippen LogP contribution is -2.10. The van der Waals surface area contributed by atoms with E-state index in [9.17, 15) is 14.9 Å². The SMILES string of the molecule is COC(=O)c1ccc2c(c1C#N)CCCCC2=O. The molecule has 1 aliphatic rings. The fourth-order valence-corrected chi connectivity index (χ4v) is 2.30. The van der Waals surface area contributed by atoms with Gasteiger partial charge < -0.3 is 4.74 Å². The molecule has 0 amide bonds. The van der Waals surface area contributed by atoms with Crippen LogP contribution in [-0.4, -0.2) is 18.9 Å². The maximum Gasteiger partial charge on any atom is 0.339 e. The molecule has 0 aromatic heterocycles. The maximum absolute atomic E-state index is 11.9. The molecule has 0 heterocycles. The van der Waals surface area contributed by atoms with E-state index < -0.39 is 5.97 Å². The average molecular weight is 243 g/mol. The summed E-state index contributed by atoms with van der Waals surface area (Å²) < 4.78 is 4.65. The third kappa shape index (κ3) is 2.00. The summed E-state index contributed by atoms with van der Waals surface area (Å²) in [6.45, 7) is 0. The van der Waals surface area contributed by atoms with Gasteiger partial charge in [0.1, 0.15) is 6.07 Å². The standard InChI is InChI=1S/C14H13NO3/c1-18-14(17)11-7-6-10-9(12(11)8-15)4-2-3-5-13(10)16/h6-7H,2-5H2,1H3. The molecule has 0 fully saturated rings. The van der Waals surface area contributed by atoms with Gasteiger partial charge in [0.25, 0.3) is 0 Å². The summed E-state index contributed by atoms with van der Waals surface area (Å²) in [4.78, 5) is 23.5. The molecule has 0 saturated heterocycles. The molecule has 0 atom stereocenters. The number of carbonyl (C=O) groups excluding carboxylic acids is 2. The number of nitrogens with zero attached hydrogens (tertiary/aromatic N) is 1. The number of rotatable bonds is 1. The predicted molar refractivity (Wildman–Crippen MR) is 64.4 cm³/mol. The first-order chi connectivity index (χ1) is 8.69. The van der Waals surface area contributed by atoms with Crippen LogP contribution in [0.3, 0.4) is 0 Å². The number of ketones is 1. The molecule has 4 nitrogen and oxygen atoms in total. The molecular weight excluding hydrogens is 230 g/mol. The lowest BCUT2D eigenvalue weighted by atomic mass is 9.93. The topological polar surface area (TPSA) is 67.2 Å². The van der Waals surface area contributed by atoms with E-state index in [0.29, 0.717) is 24.0 Å². The predicted octanol–water partition coefficient (Wildman–Crippen LogP) is 2.25. The molecule has 0 N–H and O–H groups in total. The molecule has 4 heteroatoms. The van der Waals surface area contributed by atoms with Gasteiger partial charge in [-0.15, -0.1) is 0 Å². The van der Waals surface area contributed by atoms with Gasteiger partial charge in [0, 0.05) is 12.0 Å². The van der Waals surface area contributed by atoms with Crippen molar-refractivity contribution in [3.8, 4) is 6.07 Å². The van der Waals surface area contributed by atoms with Crippen LogP contribution >= 0.6 is 0 Å². The summed E-state index contributed by atoms with van der Waals surface area (Å²) in [5, 5.41) is 9.23. The van der Waals surface area contributed by atoms with Crippen molar-refractivity contribution in [1.29, 1.82) is 5.26 Å². The molecule has 0 bridgehead atoms. The third-order valence-electron chi connectivity index (χ3n) is 3.21. The Balaban J connectivity index is 2.64. The van der Waals surface area contributed by atoms with Gasteiger partial charge in [-0.2, -0.15) is 5.26 Å². The average Bonchev–Trinajstić information content (AvgIpc) is 2.59. The minimum atomic E-state index is -0.536. The van der Waals surface area contributed by atoms with Gasteiger partial charge in [0.05, 0.1) is 18.2 Å². The van der Waals surface area contributed by atoms with Crippen molar-refractivity contribution in [3.05, 3.63) is 34.4 Å². The molecule has 0 spiro atoms. The Morgan fingerprint density at radius 3 is 2.72 bits per heavy atom. The number of nitriles is 1. The molecule has 2 rings (SSSR count). The second kappa shape index (κ2) is 5.01. The van der Waals surface area contributed by atoms with Gasteiger partial charge in [-0.3, -0.25) is 4.79 Å². The third-order valence-corrected chi connectivity index (χ3v) is 3.21. The van der Waals surface area contributed by atoms with Crippen LogP contribution in [0.5, 0.6) is 0 Å². The van der Waals surface area contributed by atoms with Crippen molar-refractivity contribution < 1.29 is 14.3 Å². The second-order valence-corrected chi connectivity index (χ2v) is 4.25. The zero-order valence-corrected chi connectivity index (χ0v) is 10.2. The minimum absolute atomic E-state index is 0.0513. The fourth-order valence-electron chi connectivity index (χ4n) is 2.30. The van der Waals surface area contributed by atoms with Crippen LogP contribution in [-0.2, 0) is 11.2 Å². The zero-order chi connectivity index (χ0) is 13.1. The number of hydrogen-bond acceptors (Lipinski definition) is 4. The molecule has 1 aliphatic carbocycles. The van der Waals surface area contributed by atoms with Crippen LogP contribution in [0.15, 0.2) is 12.1 Å². The Morgan fingerprint density at radius 1 is 1.33 bits per heavy atom. The van der Waals surface area contributed by atoms with E-state index in [1.807, 2.05) is 6.07 Å². The number of hydrogen-bond donors (Lipinski definition) is 0. The van der Waals surface area contributed by atoms with E-state index in [2.05, 4.69) is 4.74 Å². The molecule has 0 radical (unpaired) electrons. The number of esters is 1. The summed E-state index contributed by atoms with van der Waals surface area (Å²) in [7, 11) is 1.28. The van der Waals surface area contributed by atoms with Crippen molar-refractivity contribution in [2.24, 2.45) is 0 Å². The Kier molecular flexibility index (Phi) is 3.42. The smallest absolute Gasteiger partial charge is 0.339 e. The summed E-state index contributed by atoms with van der Waals surface area (Å²) >= 11 is 0. The van der Waals surface area contributed by atoms with Gasteiger partial charge >= 0.3 is 5.97 Å². The zero-order valence-electron chi connectivity index (χ0n) is 10.2. The second-order valence-electron chi connectivity index (χ2n) is 4.25. The Hall–Kier alpha value is -2.15. The van der Waals surface area contributed by atoms with Crippen molar-refractivity contribution in [3.63, 3.8) is 0 Å². The summed E-state index contributed by atoms with van der Waals surface area (Å²) in [6.07, 6.45) is 2.86. The normalized spacial score (nSPS) is 14.3. The van der Waals surface area contributed by atoms with Crippen LogP contribution < -0.4 is 0 Å². The maximum atomic E-state index is 11.9. The monoisotopic (exact) mass is 243 g/mol. The van der Waals surface area contributed by atoms with Gasteiger partial charge in [-0.25, -0.2) is 4.79 Å². The van der Waals surface area contributed by atoms with Gasteiger partial charge in [0.2, 0.25) is 0 Å². The highest BCUT2D eigenvalue weighted by atomic mass is 16.5. The molecule has 0 aliphatic heterocycles. The van der Waals surface area contributed by atoms with E-state index in [-0.39, 0.29) is 16.9 Å². The number of ether oxygens (including phenoxy) is 1. The van der Waals surface area contributed by atoms with Crippen molar-refractivity contribution in [1.82, 2.24) is 0 Å². The van der Waals surface area contributed by atoms with Crippen molar-refractivity contribution in [2.75, 3.05) is 7.11 Å². The first kappa shape index (κ1) is 12.3. The van der Waals surface area contributed by atoms with E-state index in [1.54, 1.807) is 6.07 Å². The van der Waals surface area contributed by atoms with Crippen molar-refractivity contribution >= 4 is 11.8 Å². The molecule has 1 aromatic carbocycles. The van der Waals surface area contributed by atoms with Crippen LogP contribution in [0, 0.1) is 11.3 Å². The van der Waals surface area contributed by atoms with E-state index >= 15 is 0 Å². The Morgan fingerprint density at radius 2 is 2.06 bits per heavy atom. The molecular formula is C14H13NO3. The highest BCUT2D eigenvalue weighted by molar-refractivity contribution is 6.01. The molecule has 92 valence electrons. The number of methoxy groups -OCH3 is 1. The molecule has 18 heavy (non-hydrogen) atoms. The molecule has 0 unspecified atom stereocenters. The summed E-state index contributed by atoms with van der Waals surface area (Å²) in [5.74, 6) is -0.485. The quantitative estimate of drug-likeness (QED) is 0.560. The van der Waals surface area contributed by atoms with E-state index in [1.165, 1.54) is 13.2 Å². The highest BCUT2D eigenvalue weighted by Crippen LogP contribution is 2.26. The number of fused-ring (bicyclic) bond motifs is 1. The van der Waals surface area contributed by atoms with Crippen LogP contribution in [0.25, 0.3) is 0 Å². The summed E-state index contributed by atoms with van der Waals surface area (Å²) in [5.41, 5.74) is 1.81. The molecule has 1 aromatic rings. The highest BCUT2D eigenvalue weighted by Gasteiger charge is 2.23. The lowest BCUT2D eigenvalue weighted by molar-refractivity contribution is 0.0600. The summed E-state index contributed by atoms with van der Waals surface area (Å²) in [6, 6.07) is 5.18. The first-order valence-electron chi connectivity index (χ1n) is 5.86. The van der Waals surface area contributed by atoms with Gasteiger partial charge in [-0.1, -0.05) is 6.07 Å². The van der Waals surface area contributed by atoms with Gasteiger partial charge in [-0.05, 0) is 30.9 Å². The Bertz CT molecular complexity index is 555. The van der Waals surface area contributed by atoms with Crippen LogP contribution in [0.1, 0.15) is 51.1 Å². The van der Waals surface area contributed by atoms with Crippen LogP contribution in [0.4, 0.5) is 0 Å². The lowest BCUT2D eigenvalue weighted by Gasteiger charge is -2.10. The number of benzene rings is 1. The van der Waals surface area contributed by atoms with E-state index in [0.717, 1.165) is 12.8 Å². The van der Waals surface area contributed by atoms with E-state index in [4.69, 9.17) is 0 Å². The van der Waals surface area contributed by atoms with Gasteiger partial charge in [0.15, 0.2) is 5.78 Å². The van der Waals surface area contributed by atoms with Crippen LogP contribution in [0.2, 0.25) is 0 Å². The largest absolute Gasteiger partial charge is 0.465 e. The number of Topliss-reactive ketones (excluding diaryl/α,β-unsaturated/α-hetero) is 1. The number of carbonyl (C=O) groups is 2. The molecule has 0 saturated carbocycles. The Labute approximate surface area is 105 Å². The first-order valence-corrected chi connectivity index (χ1v) is 5.86. The fraction of sp³-hybridized carbons (Fsp3) is 0.357. The minimum Gasteiger partial charge on any atom is -0.465 e. The van der Waals surface area contributed by atoms with Crippen molar-refractivity contribution in [2.45, 2.75) is 25.7 Å².